The SMILES string of the molecule is OCCOCCOCCOCCOc1ccsc1. The van der Waals surface area contributed by atoms with Gasteiger partial charge in [-0.2, -0.15) is 0 Å². The molecule has 0 atom stereocenters. The summed E-state index contributed by atoms with van der Waals surface area (Å²) in [5.41, 5.74) is 0. The van der Waals surface area contributed by atoms with E-state index in [1.807, 2.05) is 16.8 Å². The van der Waals surface area contributed by atoms with Gasteiger partial charge in [0, 0.05) is 5.38 Å². The van der Waals surface area contributed by atoms with E-state index in [0.717, 1.165) is 5.75 Å². The van der Waals surface area contributed by atoms with Crippen LogP contribution in [0.2, 0.25) is 0 Å². The summed E-state index contributed by atoms with van der Waals surface area (Å²) in [7, 11) is 0. The van der Waals surface area contributed by atoms with Crippen LogP contribution < -0.4 is 4.74 Å². The lowest BCUT2D eigenvalue weighted by Gasteiger charge is -2.07. The Bertz CT molecular complexity index is 265. The summed E-state index contributed by atoms with van der Waals surface area (Å²) in [5, 5.41) is 12.4. The predicted molar refractivity (Wildman–Crippen MR) is 69.4 cm³/mol. The van der Waals surface area contributed by atoms with Crippen LogP contribution in [0, 0.1) is 0 Å². The lowest BCUT2D eigenvalue weighted by Crippen LogP contribution is -2.13. The third kappa shape index (κ3) is 8.43. The fourth-order valence-corrected chi connectivity index (χ4v) is 1.73. The normalized spacial score (nSPS) is 10.7. The molecule has 0 radical (unpaired) electrons. The molecular weight excluding hydrogens is 256 g/mol. The van der Waals surface area contributed by atoms with Crippen molar-refractivity contribution in [3.63, 3.8) is 0 Å². The van der Waals surface area contributed by atoms with Crippen molar-refractivity contribution in [1.29, 1.82) is 0 Å². The average Bonchev–Trinajstić information content (AvgIpc) is 2.89. The number of aliphatic hydroxyl groups is 1. The Morgan fingerprint density at radius 1 is 0.889 bits per heavy atom. The third-order valence-electron chi connectivity index (χ3n) is 1.97. The van der Waals surface area contributed by atoms with E-state index in [1.54, 1.807) is 11.3 Å². The monoisotopic (exact) mass is 276 g/mol. The first-order valence-electron chi connectivity index (χ1n) is 5.92. The van der Waals surface area contributed by atoms with Gasteiger partial charge in [-0.05, 0) is 11.4 Å². The molecule has 0 saturated heterocycles. The fourth-order valence-electron chi connectivity index (χ4n) is 1.16. The molecule has 0 aromatic carbocycles. The molecule has 1 N–H and O–H groups in total. The van der Waals surface area contributed by atoms with Gasteiger partial charge in [-0.1, -0.05) is 0 Å². The Balaban J connectivity index is 1.73. The zero-order chi connectivity index (χ0) is 12.9. The minimum absolute atomic E-state index is 0.0489. The van der Waals surface area contributed by atoms with Crippen molar-refractivity contribution in [1.82, 2.24) is 0 Å². The molecular formula is C12H20O5S. The van der Waals surface area contributed by atoms with Crippen LogP contribution >= 0.6 is 11.3 Å². The van der Waals surface area contributed by atoms with Crippen LogP contribution in [0.25, 0.3) is 0 Å². The zero-order valence-electron chi connectivity index (χ0n) is 10.4. The van der Waals surface area contributed by atoms with Crippen molar-refractivity contribution in [2.24, 2.45) is 0 Å². The summed E-state index contributed by atoms with van der Waals surface area (Å²) in [6, 6.07) is 1.93. The number of thiophene rings is 1. The van der Waals surface area contributed by atoms with Crippen LogP contribution in [0.4, 0.5) is 0 Å². The minimum atomic E-state index is 0.0489. The van der Waals surface area contributed by atoms with Gasteiger partial charge in [0.25, 0.3) is 0 Å². The van der Waals surface area contributed by atoms with Crippen LogP contribution in [0.5, 0.6) is 5.75 Å². The number of rotatable bonds is 12. The molecule has 0 aliphatic heterocycles. The zero-order valence-corrected chi connectivity index (χ0v) is 11.2. The minimum Gasteiger partial charge on any atom is -0.490 e. The van der Waals surface area contributed by atoms with E-state index in [1.165, 1.54) is 0 Å². The molecule has 0 fully saturated rings. The Morgan fingerprint density at radius 2 is 1.50 bits per heavy atom. The van der Waals surface area contributed by atoms with Crippen LogP contribution in [0.15, 0.2) is 16.8 Å². The maximum atomic E-state index is 8.46. The highest BCUT2D eigenvalue weighted by Crippen LogP contribution is 2.14. The molecule has 6 heteroatoms. The van der Waals surface area contributed by atoms with Gasteiger partial charge >= 0.3 is 0 Å². The molecule has 0 aliphatic carbocycles. The van der Waals surface area contributed by atoms with E-state index in [0.29, 0.717) is 46.2 Å². The second-order valence-electron chi connectivity index (χ2n) is 3.37. The molecule has 0 spiro atoms. The van der Waals surface area contributed by atoms with E-state index >= 15 is 0 Å². The topological polar surface area (TPSA) is 57.2 Å². The number of ether oxygens (including phenoxy) is 4. The highest BCUT2D eigenvalue weighted by molar-refractivity contribution is 7.08. The van der Waals surface area contributed by atoms with Crippen molar-refractivity contribution in [3.8, 4) is 5.75 Å². The van der Waals surface area contributed by atoms with E-state index in [2.05, 4.69) is 0 Å². The Kier molecular flexibility index (Phi) is 9.78. The van der Waals surface area contributed by atoms with Crippen LogP contribution in [0.3, 0.4) is 0 Å². The van der Waals surface area contributed by atoms with Crippen LogP contribution in [-0.4, -0.2) is 58.0 Å². The first kappa shape index (κ1) is 15.4. The quantitative estimate of drug-likeness (QED) is 0.581. The fraction of sp³-hybridized carbons (Fsp3) is 0.667. The van der Waals surface area contributed by atoms with Gasteiger partial charge in [0.05, 0.1) is 46.2 Å². The summed E-state index contributed by atoms with van der Waals surface area (Å²) in [5.74, 6) is 0.890. The average molecular weight is 276 g/mol. The summed E-state index contributed by atoms with van der Waals surface area (Å²) in [6.07, 6.45) is 0. The second-order valence-corrected chi connectivity index (χ2v) is 4.15. The van der Waals surface area contributed by atoms with Crippen molar-refractivity contribution in [3.05, 3.63) is 16.8 Å². The van der Waals surface area contributed by atoms with Crippen molar-refractivity contribution in [2.45, 2.75) is 0 Å². The number of aliphatic hydroxyl groups excluding tert-OH is 1. The Labute approximate surface area is 111 Å². The largest absolute Gasteiger partial charge is 0.490 e. The second kappa shape index (κ2) is 11.4. The van der Waals surface area contributed by atoms with Crippen molar-refractivity contribution in [2.75, 3.05) is 52.9 Å². The van der Waals surface area contributed by atoms with Gasteiger partial charge < -0.3 is 24.1 Å². The number of hydrogen-bond acceptors (Lipinski definition) is 6. The highest BCUT2D eigenvalue weighted by Gasteiger charge is 1.94. The maximum Gasteiger partial charge on any atom is 0.130 e. The summed E-state index contributed by atoms with van der Waals surface area (Å²) in [6.45, 7) is 3.63. The molecule has 1 heterocycles. The lowest BCUT2D eigenvalue weighted by molar-refractivity contribution is 0.00363. The van der Waals surface area contributed by atoms with Gasteiger partial charge in [0.15, 0.2) is 0 Å². The summed E-state index contributed by atoms with van der Waals surface area (Å²) in [4.78, 5) is 0. The Morgan fingerprint density at radius 3 is 2.06 bits per heavy atom. The van der Waals surface area contributed by atoms with Crippen molar-refractivity contribution < 1.29 is 24.1 Å². The van der Waals surface area contributed by atoms with Crippen molar-refractivity contribution >= 4 is 11.3 Å². The first-order chi connectivity index (χ1) is 8.93. The standard InChI is InChI=1S/C12H20O5S/c13-2-3-14-4-5-15-6-7-16-8-9-17-12-1-10-18-11-12/h1,10-11,13H,2-9H2. The predicted octanol–water partition coefficient (Wildman–Crippen LogP) is 1.17. The molecule has 1 aromatic heterocycles. The molecule has 104 valence electrons. The van der Waals surface area contributed by atoms with Gasteiger partial charge in [0.2, 0.25) is 0 Å². The number of hydrogen-bond donors (Lipinski definition) is 1. The molecule has 1 rings (SSSR count). The molecule has 0 amide bonds. The smallest absolute Gasteiger partial charge is 0.130 e. The molecule has 1 aromatic rings. The maximum absolute atomic E-state index is 8.46. The van der Waals surface area contributed by atoms with E-state index in [-0.39, 0.29) is 6.61 Å². The van der Waals surface area contributed by atoms with Crippen LogP contribution in [0.1, 0.15) is 0 Å². The van der Waals surface area contributed by atoms with E-state index in [9.17, 15) is 0 Å². The van der Waals surface area contributed by atoms with E-state index in [4.69, 9.17) is 24.1 Å². The molecule has 5 nitrogen and oxygen atoms in total. The summed E-state index contributed by atoms with van der Waals surface area (Å²) >= 11 is 1.61. The molecule has 0 bridgehead atoms. The third-order valence-corrected chi connectivity index (χ3v) is 2.63. The van der Waals surface area contributed by atoms with E-state index < -0.39 is 0 Å². The Hall–Kier alpha value is -0.660. The van der Waals surface area contributed by atoms with Gasteiger partial charge in [-0.3, -0.25) is 0 Å². The highest BCUT2D eigenvalue weighted by atomic mass is 32.1. The molecule has 0 aliphatic rings. The van der Waals surface area contributed by atoms with Gasteiger partial charge in [0.1, 0.15) is 12.4 Å². The lowest BCUT2D eigenvalue weighted by atomic mass is 10.6. The van der Waals surface area contributed by atoms with Gasteiger partial charge in [-0.25, -0.2) is 0 Å². The van der Waals surface area contributed by atoms with Crippen LogP contribution in [-0.2, 0) is 14.2 Å². The van der Waals surface area contributed by atoms with Gasteiger partial charge in [-0.15, -0.1) is 11.3 Å². The molecule has 0 saturated carbocycles. The molecule has 0 unspecified atom stereocenters. The first-order valence-corrected chi connectivity index (χ1v) is 6.87. The molecule has 18 heavy (non-hydrogen) atoms. The summed E-state index contributed by atoms with van der Waals surface area (Å²) < 4.78 is 21.0.